The number of guanidine groups is 1. The smallest absolute Gasteiger partial charge is 0.229 e. The first-order chi connectivity index (χ1) is 15.3. The van der Waals surface area contributed by atoms with Gasteiger partial charge in [0.1, 0.15) is 0 Å². The highest BCUT2D eigenvalue weighted by Crippen LogP contribution is 2.17. The Balaban J connectivity index is 1.74. The lowest BCUT2D eigenvalue weighted by molar-refractivity contribution is 0.956. The summed E-state index contributed by atoms with van der Waals surface area (Å²) in [6.45, 7) is 8.53. The topological polar surface area (TPSA) is 74.2 Å². The lowest BCUT2D eigenvalue weighted by Crippen LogP contribution is -2.39. The maximum atomic E-state index is 5.97. The summed E-state index contributed by atoms with van der Waals surface area (Å²) in [5.41, 5.74) is 6.18. The third-order valence-corrected chi connectivity index (χ3v) is 5.34. The first kappa shape index (κ1) is 23.6. The number of benzene rings is 2. The second-order valence-corrected chi connectivity index (χ2v) is 8.38. The average Bonchev–Trinajstić information content (AvgIpc) is 2.72. The first-order valence-electron chi connectivity index (χ1n) is 10.3. The molecule has 0 aliphatic rings. The van der Waals surface area contributed by atoms with Crippen molar-refractivity contribution in [1.82, 2.24) is 15.3 Å². The number of nitrogens with zero attached hydrogens (tertiary/aromatic N) is 3. The van der Waals surface area contributed by atoms with Crippen LogP contribution in [0.15, 0.2) is 53.5 Å². The molecule has 0 unspecified atom stereocenters. The summed E-state index contributed by atoms with van der Waals surface area (Å²) in [6.07, 6.45) is 0.759. The van der Waals surface area contributed by atoms with E-state index in [1.54, 1.807) is 0 Å². The van der Waals surface area contributed by atoms with Gasteiger partial charge in [-0.25, -0.2) is 9.97 Å². The highest BCUT2D eigenvalue weighted by Gasteiger charge is 2.09. The maximum Gasteiger partial charge on any atom is 0.229 e. The number of halogens is 1. The standard InChI is InChI=1S/C24H27ClN6S/c1-15-6-5-7-21(18(15)4)29-24(32)31-22(30-23-27-16(2)14-17(3)28-23)26-13-12-19-8-10-20(25)11-9-19/h5-11,14H,12-13H2,1-4H3,(H3,26,27,28,29,30,31,32). The van der Waals surface area contributed by atoms with Crippen LogP contribution in [0.3, 0.4) is 0 Å². The molecule has 0 spiro atoms. The Morgan fingerprint density at radius 2 is 1.66 bits per heavy atom. The molecule has 166 valence electrons. The van der Waals surface area contributed by atoms with E-state index < -0.39 is 0 Å². The van der Waals surface area contributed by atoms with Gasteiger partial charge in [0.2, 0.25) is 11.9 Å². The van der Waals surface area contributed by atoms with Crippen molar-refractivity contribution in [2.24, 2.45) is 4.99 Å². The molecule has 1 aromatic heterocycles. The Morgan fingerprint density at radius 1 is 0.969 bits per heavy atom. The lowest BCUT2D eigenvalue weighted by Gasteiger charge is -2.16. The molecular weight excluding hydrogens is 440 g/mol. The number of anilines is 2. The molecule has 0 bridgehead atoms. The van der Waals surface area contributed by atoms with Crippen molar-refractivity contribution in [2.45, 2.75) is 34.1 Å². The van der Waals surface area contributed by atoms with Gasteiger partial charge in [0.25, 0.3) is 0 Å². The normalized spacial score (nSPS) is 11.2. The second-order valence-electron chi connectivity index (χ2n) is 7.53. The molecule has 0 amide bonds. The monoisotopic (exact) mass is 466 g/mol. The van der Waals surface area contributed by atoms with E-state index in [-0.39, 0.29) is 0 Å². The fraction of sp³-hybridized carbons (Fsp3) is 0.250. The molecule has 0 aliphatic carbocycles. The van der Waals surface area contributed by atoms with E-state index in [1.165, 1.54) is 5.56 Å². The van der Waals surface area contributed by atoms with Crippen molar-refractivity contribution in [3.63, 3.8) is 0 Å². The Hall–Kier alpha value is -3.03. The number of aromatic nitrogens is 2. The molecule has 0 fully saturated rings. The number of aryl methyl sites for hydroxylation is 3. The fourth-order valence-corrected chi connectivity index (χ4v) is 3.43. The van der Waals surface area contributed by atoms with Gasteiger partial charge in [-0.15, -0.1) is 0 Å². The third kappa shape index (κ3) is 7.00. The van der Waals surface area contributed by atoms with Crippen LogP contribution in [-0.2, 0) is 6.42 Å². The van der Waals surface area contributed by atoms with Crippen molar-refractivity contribution in [3.8, 4) is 0 Å². The van der Waals surface area contributed by atoms with Gasteiger partial charge in [0.15, 0.2) is 5.11 Å². The molecule has 2 aromatic carbocycles. The summed E-state index contributed by atoms with van der Waals surface area (Å²) in [5, 5.41) is 10.7. The molecule has 1 heterocycles. The summed E-state index contributed by atoms with van der Waals surface area (Å²) in [4.78, 5) is 13.6. The lowest BCUT2D eigenvalue weighted by atomic mass is 10.1. The number of thiocarbonyl (C=S) groups is 1. The number of nitrogens with one attached hydrogen (secondary N) is 3. The summed E-state index contributed by atoms with van der Waals surface area (Å²) >= 11 is 11.5. The molecular formula is C24H27ClN6S. The molecule has 0 saturated heterocycles. The molecule has 0 saturated carbocycles. The van der Waals surface area contributed by atoms with Gasteiger partial charge in [-0.05, 0) is 87.3 Å². The van der Waals surface area contributed by atoms with Gasteiger partial charge < -0.3 is 10.6 Å². The van der Waals surface area contributed by atoms with Gasteiger partial charge >= 0.3 is 0 Å². The van der Waals surface area contributed by atoms with Gasteiger partial charge in [0.05, 0.1) is 0 Å². The zero-order valence-corrected chi connectivity index (χ0v) is 20.2. The van der Waals surface area contributed by atoms with E-state index in [0.29, 0.717) is 23.6 Å². The van der Waals surface area contributed by atoms with E-state index in [2.05, 4.69) is 50.8 Å². The Bertz CT molecular complexity index is 1110. The summed E-state index contributed by atoms with van der Waals surface area (Å²) in [6, 6.07) is 15.7. The van der Waals surface area contributed by atoms with Gasteiger partial charge in [-0.1, -0.05) is 35.9 Å². The summed E-state index contributed by atoms with van der Waals surface area (Å²) in [7, 11) is 0. The zero-order valence-electron chi connectivity index (χ0n) is 18.7. The predicted octanol–water partition coefficient (Wildman–Crippen LogP) is 5.36. The third-order valence-electron chi connectivity index (χ3n) is 4.88. The van der Waals surface area contributed by atoms with Crippen LogP contribution < -0.4 is 16.0 Å². The Labute approximate surface area is 199 Å². The number of hydrogen-bond acceptors (Lipinski definition) is 4. The largest absolute Gasteiger partial charge is 0.332 e. The van der Waals surface area contributed by atoms with Gasteiger partial charge in [0, 0.05) is 28.6 Å². The number of rotatable bonds is 5. The van der Waals surface area contributed by atoms with Crippen LogP contribution in [-0.4, -0.2) is 27.6 Å². The number of hydrogen-bond donors (Lipinski definition) is 3. The Morgan fingerprint density at radius 3 is 2.34 bits per heavy atom. The van der Waals surface area contributed by atoms with E-state index in [9.17, 15) is 0 Å². The van der Waals surface area contributed by atoms with Crippen LogP contribution in [0.5, 0.6) is 0 Å². The molecule has 3 aromatic rings. The van der Waals surface area contributed by atoms with Crippen LogP contribution in [0.25, 0.3) is 0 Å². The first-order valence-corrected chi connectivity index (χ1v) is 11.1. The molecule has 6 nitrogen and oxygen atoms in total. The van der Waals surface area contributed by atoms with Crippen molar-refractivity contribution in [3.05, 3.63) is 81.6 Å². The van der Waals surface area contributed by atoms with Crippen LogP contribution in [0, 0.1) is 27.7 Å². The second kappa shape index (κ2) is 11.0. The van der Waals surface area contributed by atoms with Crippen LogP contribution >= 0.6 is 23.8 Å². The van der Waals surface area contributed by atoms with E-state index in [1.807, 2.05) is 56.3 Å². The minimum absolute atomic E-state index is 0.431. The summed E-state index contributed by atoms with van der Waals surface area (Å²) < 4.78 is 0. The highest BCUT2D eigenvalue weighted by molar-refractivity contribution is 7.80. The van der Waals surface area contributed by atoms with Crippen molar-refractivity contribution in [2.75, 3.05) is 17.2 Å². The SMILES string of the molecule is Cc1cc(C)nc(NC(=NCCc2ccc(Cl)cc2)NC(=S)Nc2cccc(C)c2C)n1. The van der Waals surface area contributed by atoms with Crippen LogP contribution in [0.4, 0.5) is 11.6 Å². The fourth-order valence-electron chi connectivity index (χ4n) is 3.09. The van der Waals surface area contributed by atoms with Crippen molar-refractivity contribution in [1.29, 1.82) is 0 Å². The van der Waals surface area contributed by atoms with E-state index in [4.69, 9.17) is 23.8 Å². The highest BCUT2D eigenvalue weighted by atomic mass is 35.5. The van der Waals surface area contributed by atoms with Crippen LogP contribution in [0.1, 0.15) is 28.1 Å². The average molecular weight is 467 g/mol. The molecule has 3 N–H and O–H groups in total. The van der Waals surface area contributed by atoms with E-state index in [0.717, 1.165) is 39.6 Å². The molecule has 0 aliphatic heterocycles. The van der Waals surface area contributed by atoms with E-state index >= 15 is 0 Å². The predicted molar refractivity (Wildman–Crippen MR) is 138 cm³/mol. The molecule has 32 heavy (non-hydrogen) atoms. The van der Waals surface area contributed by atoms with Crippen LogP contribution in [0.2, 0.25) is 5.02 Å². The minimum atomic E-state index is 0.431. The Kier molecular flexibility index (Phi) is 8.14. The molecule has 3 rings (SSSR count). The number of aliphatic imine (C=N–C) groups is 1. The van der Waals surface area contributed by atoms with Crippen molar-refractivity contribution >= 4 is 46.5 Å². The molecule has 0 atom stereocenters. The quantitative estimate of drug-likeness (QED) is 0.267. The maximum absolute atomic E-state index is 5.97. The zero-order chi connectivity index (χ0) is 23.1. The van der Waals surface area contributed by atoms with Crippen molar-refractivity contribution < 1.29 is 0 Å². The van der Waals surface area contributed by atoms with Gasteiger partial charge in [-0.3, -0.25) is 10.3 Å². The minimum Gasteiger partial charge on any atom is -0.332 e. The van der Waals surface area contributed by atoms with Gasteiger partial charge in [-0.2, -0.15) is 0 Å². The molecule has 0 radical (unpaired) electrons. The summed E-state index contributed by atoms with van der Waals surface area (Å²) in [5.74, 6) is 0.946. The molecule has 8 heteroatoms.